The van der Waals surface area contributed by atoms with Crippen LogP contribution in [0, 0.1) is 17.8 Å². The molecule has 20 heavy (non-hydrogen) atoms. The molecule has 2 fully saturated rings. The van der Waals surface area contributed by atoms with Crippen LogP contribution in [-0.4, -0.2) is 29.8 Å². The molecule has 0 aromatic heterocycles. The van der Waals surface area contributed by atoms with Gasteiger partial charge in [-0.05, 0) is 62.7 Å². The Hall–Kier alpha value is -0.770. The molecule has 2 saturated carbocycles. The fourth-order valence-electron chi connectivity index (χ4n) is 3.76. The number of aliphatic hydroxyl groups is 1. The van der Waals surface area contributed by atoms with Crippen molar-refractivity contribution < 1.29 is 9.90 Å². The largest absolute Gasteiger partial charge is 0.396 e. The number of carbonyl (C=O) groups is 1. The van der Waals surface area contributed by atoms with E-state index in [0.717, 1.165) is 38.0 Å². The minimum atomic E-state index is 0.00357. The average Bonchev–Trinajstić information content (AvgIpc) is 2.43. The summed E-state index contributed by atoms with van der Waals surface area (Å²) >= 11 is 0. The van der Waals surface area contributed by atoms with Crippen molar-refractivity contribution in [2.24, 2.45) is 17.8 Å². The van der Waals surface area contributed by atoms with Crippen LogP contribution in [0.4, 0.5) is 4.79 Å². The molecule has 116 valence electrons. The summed E-state index contributed by atoms with van der Waals surface area (Å²) in [6, 6.07) is 0.624. The van der Waals surface area contributed by atoms with E-state index in [9.17, 15) is 4.79 Å². The smallest absolute Gasteiger partial charge is 0.315 e. The van der Waals surface area contributed by atoms with Crippen molar-refractivity contribution in [3.8, 4) is 0 Å². The van der Waals surface area contributed by atoms with Crippen molar-refractivity contribution in [1.29, 1.82) is 0 Å². The number of urea groups is 1. The van der Waals surface area contributed by atoms with Crippen molar-refractivity contribution >= 4 is 6.03 Å². The van der Waals surface area contributed by atoms with Gasteiger partial charge in [0, 0.05) is 18.7 Å². The summed E-state index contributed by atoms with van der Waals surface area (Å²) in [5.41, 5.74) is 0. The maximum absolute atomic E-state index is 12.1. The van der Waals surface area contributed by atoms with E-state index >= 15 is 0 Å². The molecule has 0 bridgehead atoms. The van der Waals surface area contributed by atoms with Crippen LogP contribution in [0.3, 0.4) is 0 Å². The first-order valence-corrected chi connectivity index (χ1v) is 8.26. The maximum Gasteiger partial charge on any atom is 0.315 e. The third kappa shape index (κ3) is 4.37. The predicted octanol–water partition coefficient (Wildman–Crippen LogP) is 2.66. The highest BCUT2D eigenvalue weighted by Crippen LogP contribution is 2.28. The van der Waals surface area contributed by atoms with E-state index in [-0.39, 0.29) is 18.7 Å². The molecule has 0 heterocycles. The highest BCUT2D eigenvalue weighted by molar-refractivity contribution is 5.74. The number of aliphatic hydroxyl groups excluding tert-OH is 1. The van der Waals surface area contributed by atoms with Gasteiger partial charge < -0.3 is 15.7 Å². The van der Waals surface area contributed by atoms with Crippen molar-refractivity contribution in [3.05, 3.63) is 0 Å². The molecule has 2 rings (SSSR count). The first kappa shape index (κ1) is 15.6. The van der Waals surface area contributed by atoms with Gasteiger partial charge in [-0.1, -0.05) is 13.8 Å². The van der Waals surface area contributed by atoms with Gasteiger partial charge >= 0.3 is 6.03 Å². The van der Waals surface area contributed by atoms with Crippen LogP contribution >= 0.6 is 0 Å². The molecular weight excluding hydrogens is 252 g/mol. The third-order valence-corrected chi connectivity index (χ3v) is 5.19. The highest BCUT2D eigenvalue weighted by atomic mass is 16.3. The lowest BCUT2D eigenvalue weighted by Crippen LogP contribution is -2.50. The summed E-state index contributed by atoms with van der Waals surface area (Å²) in [5, 5.41) is 15.4. The minimum absolute atomic E-state index is 0.00357. The Kier molecular flexibility index (Phi) is 5.70. The lowest BCUT2D eigenvalue weighted by molar-refractivity contribution is 0.171. The molecule has 0 spiro atoms. The zero-order chi connectivity index (χ0) is 14.5. The van der Waals surface area contributed by atoms with Gasteiger partial charge in [0.2, 0.25) is 0 Å². The number of hydrogen-bond donors (Lipinski definition) is 3. The molecule has 0 aliphatic heterocycles. The third-order valence-electron chi connectivity index (χ3n) is 5.19. The minimum Gasteiger partial charge on any atom is -0.396 e. The van der Waals surface area contributed by atoms with Crippen molar-refractivity contribution in [2.45, 2.75) is 70.9 Å². The lowest BCUT2D eigenvalue weighted by atomic mass is 9.80. The summed E-state index contributed by atoms with van der Waals surface area (Å²) in [5.74, 6) is 1.81. The van der Waals surface area contributed by atoms with Gasteiger partial charge in [-0.25, -0.2) is 4.79 Å². The SMILES string of the molecule is CC1CCC(NC(=O)NC2CCC(CO)CC2)C(C)C1. The molecule has 3 unspecified atom stereocenters. The second-order valence-electron chi connectivity index (χ2n) is 7.02. The van der Waals surface area contributed by atoms with E-state index in [1.165, 1.54) is 12.8 Å². The first-order chi connectivity index (χ1) is 9.58. The van der Waals surface area contributed by atoms with Crippen molar-refractivity contribution in [3.63, 3.8) is 0 Å². The number of amides is 2. The molecule has 0 aromatic carbocycles. The fraction of sp³-hybridized carbons (Fsp3) is 0.938. The fourth-order valence-corrected chi connectivity index (χ4v) is 3.76. The number of hydrogen-bond acceptors (Lipinski definition) is 2. The molecule has 4 heteroatoms. The van der Waals surface area contributed by atoms with E-state index in [1.807, 2.05) is 0 Å². The van der Waals surface area contributed by atoms with Crippen LogP contribution in [0.15, 0.2) is 0 Å². The predicted molar refractivity (Wildman–Crippen MR) is 80.5 cm³/mol. The zero-order valence-corrected chi connectivity index (χ0v) is 12.9. The summed E-state index contributed by atoms with van der Waals surface area (Å²) in [4.78, 5) is 12.1. The Labute approximate surface area is 122 Å². The molecule has 3 N–H and O–H groups in total. The molecule has 0 saturated heterocycles. The van der Waals surface area contributed by atoms with Crippen molar-refractivity contribution in [2.75, 3.05) is 6.61 Å². The standard InChI is InChI=1S/C16H30N2O2/c1-11-3-8-15(12(2)9-11)18-16(20)17-14-6-4-13(10-19)5-7-14/h11-15,19H,3-10H2,1-2H3,(H2,17,18,20). The molecule has 0 radical (unpaired) electrons. The van der Waals surface area contributed by atoms with E-state index in [4.69, 9.17) is 5.11 Å². The topological polar surface area (TPSA) is 61.4 Å². The Morgan fingerprint density at radius 1 is 1.05 bits per heavy atom. The molecular formula is C16H30N2O2. The van der Waals surface area contributed by atoms with Gasteiger partial charge in [0.1, 0.15) is 0 Å². The van der Waals surface area contributed by atoms with Gasteiger partial charge in [-0.3, -0.25) is 0 Å². The summed E-state index contributed by atoms with van der Waals surface area (Å²) in [7, 11) is 0. The van der Waals surface area contributed by atoms with Gasteiger partial charge in [0.05, 0.1) is 0 Å². The van der Waals surface area contributed by atoms with Crippen LogP contribution in [0.2, 0.25) is 0 Å². The number of nitrogens with one attached hydrogen (secondary N) is 2. The maximum atomic E-state index is 12.1. The molecule has 2 amide bonds. The molecule has 2 aliphatic rings. The van der Waals surface area contributed by atoms with Gasteiger partial charge in [0.25, 0.3) is 0 Å². The average molecular weight is 282 g/mol. The normalized spacial score (nSPS) is 38.2. The van der Waals surface area contributed by atoms with E-state index < -0.39 is 0 Å². The van der Waals surface area contributed by atoms with Crippen LogP contribution in [0.1, 0.15) is 58.8 Å². The van der Waals surface area contributed by atoms with Gasteiger partial charge in [-0.2, -0.15) is 0 Å². The number of rotatable bonds is 3. The molecule has 3 atom stereocenters. The van der Waals surface area contributed by atoms with E-state index in [0.29, 0.717) is 17.9 Å². The second-order valence-corrected chi connectivity index (χ2v) is 7.02. The molecule has 2 aliphatic carbocycles. The quantitative estimate of drug-likeness (QED) is 0.745. The highest BCUT2D eigenvalue weighted by Gasteiger charge is 2.27. The van der Waals surface area contributed by atoms with Gasteiger partial charge in [0.15, 0.2) is 0 Å². The monoisotopic (exact) mass is 282 g/mol. The Morgan fingerprint density at radius 3 is 2.35 bits per heavy atom. The molecule has 0 aromatic rings. The Bertz CT molecular complexity index is 314. The second kappa shape index (κ2) is 7.30. The van der Waals surface area contributed by atoms with E-state index in [2.05, 4.69) is 24.5 Å². The van der Waals surface area contributed by atoms with Crippen molar-refractivity contribution in [1.82, 2.24) is 10.6 Å². The lowest BCUT2D eigenvalue weighted by Gasteiger charge is -2.34. The van der Waals surface area contributed by atoms with Crippen LogP contribution in [0.25, 0.3) is 0 Å². The zero-order valence-electron chi connectivity index (χ0n) is 12.9. The first-order valence-electron chi connectivity index (χ1n) is 8.26. The van der Waals surface area contributed by atoms with Crippen LogP contribution in [-0.2, 0) is 0 Å². The summed E-state index contributed by atoms with van der Waals surface area (Å²) in [6.45, 7) is 4.83. The van der Waals surface area contributed by atoms with E-state index in [1.54, 1.807) is 0 Å². The van der Waals surface area contributed by atoms with Crippen LogP contribution < -0.4 is 10.6 Å². The molecule has 4 nitrogen and oxygen atoms in total. The Balaban J connectivity index is 1.70. The summed E-state index contributed by atoms with van der Waals surface area (Å²) < 4.78 is 0. The Morgan fingerprint density at radius 2 is 1.75 bits per heavy atom. The summed E-state index contributed by atoms with van der Waals surface area (Å²) in [6.07, 6.45) is 7.58. The van der Waals surface area contributed by atoms with Gasteiger partial charge in [-0.15, -0.1) is 0 Å². The number of carbonyl (C=O) groups excluding carboxylic acids is 1. The van der Waals surface area contributed by atoms with Crippen LogP contribution in [0.5, 0.6) is 0 Å².